The second kappa shape index (κ2) is 12.8. The number of aromatic nitrogens is 2. The molecule has 0 atom stereocenters. The fourth-order valence-corrected chi connectivity index (χ4v) is 14.8. The molecule has 58 heavy (non-hydrogen) atoms. The van der Waals surface area contributed by atoms with E-state index in [1.165, 1.54) is 26.1 Å². The molecule has 0 bridgehead atoms. The van der Waals surface area contributed by atoms with E-state index in [1.807, 2.05) is 41.0 Å². The van der Waals surface area contributed by atoms with Crippen molar-refractivity contribution in [3.63, 3.8) is 0 Å². The van der Waals surface area contributed by atoms with E-state index < -0.39 is 14.1 Å². The molecule has 12 aromatic rings. The number of hydrogen-bond acceptors (Lipinski definition) is 1. The summed E-state index contributed by atoms with van der Waals surface area (Å²) in [6, 6.07) is 64.8. The molecule has 3 heterocycles. The lowest BCUT2D eigenvalue weighted by Crippen LogP contribution is -2.75. The molecule has 3 nitrogen and oxygen atoms in total. The Morgan fingerprint density at radius 2 is 0.948 bits per heavy atom. The summed E-state index contributed by atoms with van der Waals surface area (Å²) in [6.45, 7) is 0. The van der Waals surface area contributed by atoms with Crippen molar-refractivity contribution in [1.82, 2.24) is 9.13 Å². The molecular weight excluding hydrogens is 721 g/mol. The van der Waals surface area contributed by atoms with Crippen LogP contribution in [-0.4, -0.2) is 17.2 Å². The van der Waals surface area contributed by atoms with Gasteiger partial charge in [0, 0.05) is 43.7 Å². The highest BCUT2D eigenvalue weighted by Gasteiger charge is 2.45. The molecule has 0 aliphatic rings. The molecule has 0 amide bonds. The van der Waals surface area contributed by atoms with Gasteiger partial charge >= 0.3 is 0 Å². The lowest BCUT2D eigenvalue weighted by molar-refractivity contribution is 0.671. The highest BCUT2D eigenvalue weighted by Crippen LogP contribution is 2.37. The first-order valence-electron chi connectivity index (χ1n) is 22.0. The summed E-state index contributed by atoms with van der Waals surface area (Å²) in [6.07, 6.45) is 0. The third-order valence-corrected chi connectivity index (χ3v) is 16.8. The average Bonchev–Trinajstić information content (AvgIpc) is 4.00. The summed E-state index contributed by atoms with van der Waals surface area (Å²) in [4.78, 5) is 0. The first-order chi connectivity index (χ1) is 30.9. The van der Waals surface area contributed by atoms with E-state index in [4.69, 9.17) is 11.3 Å². The molecule has 0 unspecified atom stereocenters. The van der Waals surface area contributed by atoms with Gasteiger partial charge in [0.15, 0.2) is 8.07 Å². The molecule has 0 fully saturated rings. The number of furan rings is 1. The first-order valence-corrected chi connectivity index (χ1v) is 21.5. The van der Waals surface area contributed by atoms with Crippen LogP contribution in [0.3, 0.4) is 0 Å². The van der Waals surface area contributed by atoms with E-state index in [-0.39, 0.29) is 29.9 Å². The van der Waals surface area contributed by atoms with Crippen LogP contribution in [-0.2, 0) is 0 Å². The summed E-state index contributed by atoms with van der Waals surface area (Å²) >= 11 is 0. The van der Waals surface area contributed by atoms with Gasteiger partial charge in [0.2, 0.25) is 0 Å². The molecule has 0 N–H and O–H groups in total. The van der Waals surface area contributed by atoms with Crippen LogP contribution in [0, 0.1) is 0 Å². The number of benzene rings is 9. The van der Waals surface area contributed by atoms with Crippen LogP contribution < -0.4 is 20.7 Å². The number of nitrogens with zero attached hydrogens (tertiary/aromatic N) is 2. The summed E-state index contributed by atoms with van der Waals surface area (Å²) in [5.41, 5.74) is 6.46. The van der Waals surface area contributed by atoms with Crippen molar-refractivity contribution < 1.29 is 11.3 Å². The van der Waals surface area contributed by atoms with Gasteiger partial charge in [0.25, 0.3) is 0 Å². The van der Waals surface area contributed by atoms with Gasteiger partial charge in [0.1, 0.15) is 11.2 Å². The van der Waals surface area contributed by atoms with E-state index in [1.54, 1.807) is 0 Å². The molecule has 12 rings (SSSR count). The van der Waals surface area contributed by atoms with E-state index >= 15 is 0 Å². The van der Waals surface area contributed by atoms with Crippen molar-refractivity contribution in [2.75, 3.05) is 0 Å². The smallest absolute Gasteiger partial charge is 0.184 e. The van der Waals surface area contributed by atoms with Gasteiger partial charge in [-0.3, -0.25) is 0 Å². The van der Waals surface area contributed by atoms with Gasteiger partial charge in [-0.1, -0.05) is 164 Å². The Balaban J connectivity index is 1.19. The zero-order valence-electron chi connectivity index (χ0n) is 36.2. The molecule has 4 heteroatoms. The molecule has 0 saturated heterocycles. The van der Waals surface area contributed by atoms with E-state index in [0.717, 1.165) is 65.9 Å². The van der Waals surface area contributed by atoms with E-state index in [0.29, 0.717) is 0 Å². The minimum absolute atomic E-state index is 0.129. The standard InChI is InChI=1S/C54H36N2OSi/c1-4-18-37(19-5-1)55-46-28-13-10-24-41(46)45-36-38(34-35-48(45)55)56-47-29-14-11-26-44(47)53-49(56)30-17-32-51(53)58(39-20-6-2-7-21-39,40-22-8-3-9-23-40)52-33-16-27-43-42-25-12-15-31-50(42)57-54(43)52/h1-36H/i1D,4D,5D,18D,19D. The van der Waals surface area contributed by atoms with Crippen LogP contribution >= 0.6 is 0 Å². The molecule has 272 valence electrons. The predicted octanol–water partition coefficient (Wildman–Crippen LogP) is 11.2. The Labute approximate surface area is 343 Å². The zero-order chi connectivity index (χ0) is 42.6. The van der Waals surface area contributed by atoms with Crippen molar-refractivity contribution in [1.29, 1.82) is 0 Å². The molecule has 0 aliphatic heterocycles. The summed E-state index contributed by atoms with van der Waals surface area (Å²) in [5.74, 6) is 0. The molecule has 9 aromatic carbocycles. The van der Waals surface area contributed by atoms with Gasteiger partial charge < -0.3 is 13.6 Å². The van der Waals surface area contributed by atoms with Crippen LogP contribution in [0.25, 0.3) is 76.9 Å². The minimum Gasteiger partial charge on any atom is -0.456 e. The Morgan fingerprint density at radius 3 is 1.71 bits per heavy atom. The monoisotopic (exact) mass is 761 g/mol. The van der Waals surface area contributed by atoms with Gasteiger partial charge in [-0.15, -0.1) is 0 Å². The third kappa shape index (κ3) is 4.61. The molecule has 0 radical (unpaired) electrons. The van der Waals surface area contributed by atoms with E-state index in [9.17, 15) is 0 Å². The number of rotatable bonds is 6. The minimum atomic E-state index is -3.22. The number of fused-ring (bicyclic) bond motifs is 9. The molecule has 0 spiro atoms. The molecule has 3 aromatic heterocycles. The van der Waals surface area contributed by atoms with Crippen molar-refractivity contribution in [2.45, 2.75) is 0 Å². The second-order valence-electron chi connectivity index (χ2n) is 14.8. The average molecular weight is 762 g/mol. The Morgan fingerprint density at radius 1 is 0.397 bits per heavy atom. The topological polar surface area (TPSA) is 23.0 Å². The van der Waals surface area contributed by atoms with Crippen molar-refractivity contribution in [3.05, 3.63) is 218 Å². The zero-order valence-corrected chi connectivity index (χ0v) is 32.2. The summed E-state index contributed by atoms with van der Waals surface area (Å²) in [5, 5.41) is 11.2. The quantitative estimate of drug-likeness (QED) is 0.122. The maximum absolute atomic E-state index is 8.93. The summed E-state index contributed by atoms with van der Waals surface area (Å²) in [7, 11) is -3.22. The van der Waals surface area contributed by atoms with Crippen LogP contribution in [0.2, 0.25) is 0 Å². The molecule has 0 saturated carbocycles. The van der Waals surface area contributed by atoms with Gasteiger partial charge in [-0.05, 0) is 75.3 Å². The number of hydrogen-bond donors (Lipinski definition) is 0. The SMILES string of the molecule is [2H]c1c([2H])c([2H])c(-n2c3ccccc3c3cc(-n4c5ccccc5c5c([Si](c6ccccc6)(c6ccccc6)c6cccc7c6oc6ccccc67)cccc54)ccc32)c([2H])c1[2H]. The largest absolute Gasteiger partial charge is 0.456 e. The highest BCUT2D eigenvalue weighted by molar-refractivity contribution is 7.21. The van der Waals surface area contributed by atoms with Crippen molar-refractivity contribution in [3.8, 4) is 11.4 Å². The molecular formula is C54H36N2OSi. The third-order valence-electron chi connectivity index (χ3n) is 11.9. The number of para-hydroxylation sites is 5. The Bertz CT molecular complexity index is 3750. The van der Waals surface area contributed by atoms with Gasteiger partial charge in [-0.25, -0.2) is 0 Å². The van der Waals surface area contributed by atoms with Crippen molar-refractivity contribution in [2.24, 2.45) is 0 Å². The molecule has 0 aliphatic carbocycles. The van der Waals surface area contributed by atoms with Gasteiger partial charge in [0.05, 0.1) is 28.9 Å². The van der Waals surface area contributed by atoms with E-state index in [2.05, 4.69) is 156 Å². The Kier molecular flexibility index (Phi) is 6.20. The van der Waals surface area contributed by atoms with Crippen LogP contribution in [0.1, 0.15) is 6.85 Å². The maximum atomic E-state index is 8.93. The summed E-state index contributed by atoms with van der Waals surface area (Å²) < 4.78 is 54.2. The first kappa shape index (κ1) is 28.1. The van der Waals surface area contributed by atoms with Crippen LogP contribution in [0.4, 0.5) is 0 Å². The predicted molar refractivity (Wildman–Crippen MR) is 246 cm³/mol. The lowest BCUT2D eigenvalue weighted by Gasteiger charge is -2.35. The van der Waals surface area contributed by atoms with Crippen LogP contribution in [0.5, 0.6) is 0 Å². The van der Waals surface area contributed by atoms with Crippen molar-refractivity contribution >= 4 is 94.4 Å². The van der Waals surface area contributed by atoms with Crippen LogP contribution in [0.15, 0.2) is 223 Å². The maximum Gasteiger partial charge on any atom is 0.184 e. The fraction of sp³-hybridized carbons (Fsp3) is 0. The highest BCUT2D eigenvalue weighted by atomic mass is 28.3. The van der Waals surface area contributed by atoms with Gasteiger partial charge in [-0.2, -0.15) is 0 Å². The lowest BCUT2D eigenvalue weighted by atomic mass is 10.1. The normalized spacial score (nSPS) is 13.3. The fourth-order valence-electron chi connectivity index (χ4n) is 9.66. The second-order valence-corrected chi connectivity index (χ2v) is 18.6. The Hall–Kier alpha value is -7.40.